The molecule has 3 nitrogen and oxygen atoms in total. The molecule has 0 heterocycles. The molecule has 1 rings (SSSR count). The lowest BCUT2D eigenvalue weighted by Crippen LogP contribution is -2.05. The lowest BCUT2D eigenvalue weighted by atomic mass is 10.1. The fraction of sp³-hybridized carbons (Fsp3) is 0.250. The van der Waals surface area contributed by atoms with Crippen LogP contribution in [0, 0.1) is 9.85 Å². The SMILES string of the molecule is O=C(CCc1ccccc1O)OCC#CI. The van der Waals surface area contributed by atoms with Crippen molar-refractivity contribution in [2.75, 3.05) is 6.61 Å². The van der Waals surface area contributed by atoms with Crippen molar-refractivity contribution in [3.63, 3.8) is 0 Å². The van der Waals surface area contributed by atoms with Crippen molar-refractivity contribution >= 4 is 28.6 Å². The van der Waals surface area contributed by atoms with Crippen LogP contribution >= 0.6 is 22.6 Å². The predicted octanol–water partition coefficient (Wildman–Crippen LogP) is 2.26. The number of halogens is 1. The van der Waals surface area contributed by atoms with E-state index in [1.165, 1.54) is 0 Å². The van der Waals surface area contributed by atoms with Crippen LogP contribution < -0.4 is 0 Å². The third kappa shape index (κ3) is 4.53. The maximum Gasteiger partial charge on any atom is 0.307 e. The van der Waals surface area contributed by atoms with Gasteiger partial charge in [-0.3, -0.25) is 4.79 Å². The van der Waals surface area contributed by atoms with E-state index in [-0.39, 0.29) is 24.7 Å². The molecule has 0 saturated carbocycles. The van der Waals surface area contributed by atoms with Crippen molar-refractivity contribution in [3.05, 3.63) is 29.8 Å². The molecule has 0 aromatic heterocycles. The summed E-state index contributed by atoms with van der Waals surface area (Å²) in [4.78, 5) is 11.2. The molecule has 0 amide bonds. The number of hydrogen-bond acceptors (Lipinski definition) is 3. The molecule has 0 radical (unpaired) electrons. The number of hydrogen-bond donors (Lipinski definition) is 1. The Morgan fingerprint density at radius 2 is 2.19 bits per heavy atom. The minimum absolute atomic E-state index is 0.128. The Labute approximate surface area is 108 Å². The van der Waals surface area contributed by atoms with Crippen LogP contribution in [0.5, 0.6) is 5.75 Å². The molecule has 0 atom stereocenters. The van der Waals surface area contributed by atoms with Crippen LogP contribution in [-0.4, -0.2) is 17.7 Å². The fourth-order valence-corrected chi connectivity index (χ4v) is 1.33. The minimum atomic E-state index is -0.303. The number of phenols is 1. The number of esters is 1. The number of carbonyl (C=O) groups excluding carboxylic acids is 1. The molecule has 0 aliphatic rings. The monoisotopic (exact) mass is 330 g/mol. The van der Waals surface area contributed by atoms with Gasteiger partial charge in [0, 0.05) is 29.0 Å². The van der Waals surface area contributed by atoms with Gasteiger partial charge >= 0.3 is 5.97 Å². The minimum Gasteiger partial charge on any atom is -0.508 e. The summed E-state index contributed by atoms with van der Waals surface area (Å²) in [5.41, 5.74) is 0.749. The Morgan fingerprint density at radius 3 is 2.88 bits per heavy atom. The van der Waals surface area contributed by atoms with E-state index < -0.39 is 0 Å². The zero-order valence-corrected chi connectivity index (χ0v) is 10.7. The normalized spacial score (nSPS) is 9.06. The topological polar surface area (TPSA) is 46.5 Å². The molecular weight excluding hydrogens is 319 g/mol. The Hall–Kier alpha value is -1.22. The van der Waals surface area contributed by atoms with E-state index in [1.54, 1.807) is 18.2 Å². The van der Waals surface area contributed by atoms with Gasteiger partial charge in [0.15, 0.2) is 6.61 Å². The van der Waals surface area contributed by atoms with E-state index in [2.05, 4.69) is 9.85 Å². The average Bonchev–Trinajstić information content (AvgIpc) is 2.28. The second kappa shape index (κ2) is 7.12. The standard InChI is InChI=1S/C12H11IO3/c13-8-3-9-16-12(15)7-6-10-4-1-2-5-11(10)14/h1-2,4-5,14H,6-7,9H2. The van der Waals surface area contributed by atoms with Crippen molar-refractivity contribution in [1.29, 1.82) is 0 Å². The number of aromatic hydroxyl groups is 1. The quantitative estimate of drug-likeness (QED) is 0.523. The lowest BCUT2D eigenvalue weighted by Gasteiger charge is -2.03. The summed E-state index contributed by atoms with van der Waals surface area (Å²) in [5, 5.41) is 9.46. The van der Waals surface area contributed by atoms with Crippen LogP contribution in [0.2, 0.25) is 0 Å². The summed E-state index contributed by atoms with van der Waals surface area (Å²) >= 11 is 1.88. The third-order valence-electron chi connectivity index (χ3n) is 1.96. The van der Waals surface area contributed by atoms with Gasteiger partial charge in [-0.1, -0.05) is 24.1 Å². The van der Waals surface area contributed by atoms with Gasteiger partial charge < -0.3 is 9.84 Å². The van der Waals surface area contributed by atoms with Gasteiger partial charge in [0.05, 0.1) is 0 Å². The summed E-state index contributed by atoms with van der Waals surface area (Å²) in [6.07, 6.45) is 0.726. The van der Waals surface area contributed by atoms with Gasteiger partial charge in [-0.15, -0.1) is 0 Å². The Bertz CT molecular complexity index is 418. The van der Waals surface area contributed by atoms with E-state index in [0.29, 0.717) is 6.42 Å². The first-order valence-electron chi connectivity index (χ1n) is 4.75. The molecule has 1 aromatic carbocycles. The summed E-state index contributed by atoms with van der Waals surface area (Å²) in [6, 6.07) is 6.95. The molecule has 0 aliphatic heterocycles. The number of ether oxygens (including phenoxy) is 1. The van der Waals surface area contributed by atoms with Crippen molar-refractivity contribution in [2.24, 2.45) is 0 Å². The summed E-state index contributed by atoms with van der Waals surface area (Å²) < 4.78 is 7.45. The molecule has 4 heteroatoms. The van der Waals surface area contributed by atoms with Crippen molar-refractivity contribution in [2.45, 2.75) is 12.8 Å². The third-order valence-corrected chi connectivity index (χ3v) is 2.34. The van der Waals surface area contributed by atoms with Crippen LogP contribution in [0.4, 0.5) is 0 Å². The Balaban J connectivity index is 2.36. The molecule has 0 spiro atoms. The molecule has 0 aliphatic carbocycles. The zero-order chi connectivity index (χ0) is 11.8. The highest BCUT2D eigenvalue weighted by Crippen LogP contribution is 2.17. The molecule has 0 bridgehead atoms. The van der Waals surface area contributed by atoms with Gasteiger partial charge in [-0.25, -0.2) is 0 Å². The van der Waals surface area contributed by atoms with Gasteiger partial charge in [-0.05, 0) is 22.0 Å². The largest absolute Gasteiger partial charge is 0.508 e. The van der Waals surface area contributed by atoms with Crippen LogP contribution in [-0.2, 0) is 16.0 Å². The summed E-state index contributed by atoms with van der Waals surface area (Å²) in [5.74, 6) is 2.54. The van der Waals surface area contributed by atoms with Crippen molar-refractivity contribution in [3.8, 4) is 15.6 Å². The number of rotatable bonds is 4. The molecule has 0 saturated heterocycles. The van der Waals surface area contributed by atoms with E-state index in [9.17, 15) is 9.90 Å². The second-order valence-electron chi connectivity index (χ2n) is 3.06. The van der Waals surface area contributed by atoms with Crippen LogP contribution in [0.3, 0.4) is 0 Å². The maximum absolute atomic E-state index is 11.2. The average molecular weight is 330 g/mol. The molecule has 84 valence electrons. The highest BCUT2D eigenvalue weighted by molar-refractivity contribution is 14.1. The lowest BCUT2D eigenvalue weighted by molar-refractivity contribution is -0.142. The maximum atomic E-state index is 11.2. The van der Waals surface area contributed by atoms with Crippen LogP contribution in [0.1, 0.15) is 12.0 Å². The molecular formula is C12H11IO3. The van der Waals surface area contributed by atoms with Crippen molar-refractivity contribution in [1.82, 2.24) is 0 Å². The number of phenolic OH excluding ortho intramolecular Hbond substituents is 1. The van der Waals surface area contributed by atoms with E-state index in [4.69, 9.17) is 4.74 Å². The highest BCUT2D eigenvalue weighted by atomic mass is 127. The fourth-order valence-electron chi connectivity index (χ4n) is 1.17. The van der Waals surface area contributed by atoms with Gasteiger partial charge in [0.1, 0.15) is 5.75 Å². The smallest absolute Gasteiger partial charge is 0.307 e. The Morgan fingerprint density at radius 1 is 1.44 bits per heavy atom. The van der Waals surface area contributed by atoms with Crippen LogP contribution in [0.15, 0.2) is 24.3 Å². The zero-order valence-electron chi connectivity index (χ0n) is 8.57. The molecule has 0 fully saturated rings. The van der Waals surface area contributed by atoms with Gasteiger partial charge in [0.2, 0.25) is 0 Å². The van der Waals surface area contributed by atoms with Gasteiger partial charge in [-0.2, -0.15) is 0 Å². The first-order valence-corrected chi connectivity index (χ1v) is 5.83. The van der Waals surface area contributed by atoms with Crippen LogP contribution in [0.25, 0.3) is 0 Å². The van der Waals surface area contributed by atoms with E-state index in [0.717, 1.165) is 5.56 Å². The molecule has 16 heavy (non-hydrogen) atoms. The number of para-hydroxylation sites is 1. The number of benzene rings is 1. The molecule has 0 unspecified atom stereocenters. The van der Waals surface area contributed by atoms with E-state index in [1.807, 2.05) is 28.7 Å². The van der Waals surface area contributed by atoms with Crippen molar-refractivity contribution < 1.29 is 14.6 Å². The summed E-state index contributed by atoms with van der Waals surface area (Å²) in [7, 11) is 0. The van der Waals surface area contributed by atoms with E-state index >= 15 is 0 Å². The number of aryl methyl sites for hydroxylation is 1. The predicted molar refractivity (Wildman–Crippen MR) is 69.2 cm³/mol. The molecule has 1 N–H and O–H groups in total. The molecule has 1 aromatic rings. The highest BCUT2D eigenvalue weighted by Gasteiger charge is 2.05. The summed E-state index contributed by atoms with van der Waals surface area (Å²) in [6.45, 7) is 0.128. The Kier molecular flexibility index (Phi) is 5.72. The first-order chi connectivity index (χ1) is 7.74. The second-order valence-corrected chi connectivity index (χ2v) is 3.60. The number of carbonyl (C=O) groups is 1. The first kappa shape index (κ1) is 12.8. The van der Waals surface area contributed by atoms with Gasteiger partial charge in [0.25, 0.3) is 0 Å².